The van der Waals surface area contributed by atoms with Gasteiger partial charge in [0.25, 0.3) is 0 Å². The monoisotopic (exact) mass is 235 g/mol. The summed E-state index contributed by atoms with van der Waals surface area (Å²) in [6, 6.07) is 0. The standard InChI is InChI=1S/C13H21N3O/c1-13(2)6-4-10(5-7-13)11(17)8-12-14-9-15-16(12)3/h9-10H,4-8H2,1-3H3. The summed E-state index contributed by atoms with van der Waals surface area (Å²) in [6.45, 7) is 4.58. The fraction of sp³-hybridized carbons (Fsp3) is 0.769. The van der Waals surface area contributed by atoms with Crippen molar-refractivity contribution >= 4 is 5.78 Å². The van der Waals surface area contributed by atoms with Gasteiger partial charge in [0.15, 0.2) is 0 Å². The maximum absolute atomic E-state index is 12.1. The third-order valence-corrected chi connectivity index (χ3v) is 3.93. The molecule has 0 aromatic carbocycles. The zero-order valence-corrected chi connectivity index (χ0v) is 10.9. The summed E-state index contributed by atoms with van der Waals surface area (Å²) in [4.78, 5) is 16.3. The first-order chi connectivity index (χ1) is 7.98. The molecule has 1 aliphatic carbocycles. The first-order valence-electron chi connectivity index (χ1n) is 6.33. The summed E-state index contributed by atoms with van der Waals surface area (Å²) in [5, 5.41) is 3.99. The first-order valence-corrected chi connectivity index (χ1v) is 6.33. The SMILES string of the molecule is Cn1ncnc1CC(=O)C1CCC(C)(C)CC1. The molecule has 0 amide bonds. The summed E-state index contributed by atoms with van der Waals surface area (Å²) in [5.41, 5.74) is 0.418. The van der Waals surface area contributed by atoms with Gasteiger partial charge in [-0.25, -0.2) is 4.98 Å². The van der Waals surface area contributed by atoms with E-state index in [0.717, 1.165) is 31.5 Å². The molecule has 0 bridgehead atoms. The van der Waals surface area contributed by atoms with Crippen molar-refractivity contribution in [2.75, 3.05) is 0 Å². The fourth-order valence-electron chi connectivity index (χ4n) is 2.50. The molecule has 1 fully saturated rings. The average molecular weight is 235 g/mol. The minimum Gasteiger partial charge on any atom is -0.299 e. The Morgan fingerprint density at radius 2 is 2.12 bits per heavy atom. The van der Waals surface area contributed by atoms with Gasteiger partial charge in [-0.3, -0.25) is 9.48 Å². The van der Waals surface area contributed by atoms with Crippen LogP contribution in [0, 0.1) is 11.3 Å². The van der Waals surface area contributed by atoms with E-state index in [4.69, 9.17) is 0 Å². The Balaban J connectivity index is 1.92. The summed E-state index contributed by atoms with van der Waals surface area (Å²) in [5.74, 6) is 1.34. The zero-order chi connectivity index (χ0) is 12.5. The third-order valence-electron chi connectivity index (χ3n) is 3.93. The van der Waals surface area contributed by atoms with E-state index in [1.54, 1.807) is 4.68 Å². The highest BCUT2D eigenvalue weighted by Gasteiger charge is 2.30. The molecule has 0 N–H and O–H groups in total. The molecular formula is C13H21N3O. The quantitative estimate of drug-likeness (QED) is 0.806. The predicted octanol–water partition coefficient (Wildman–Crippen LogP) is 2.14. The average Bonchev–Trinajstić information content (AvgIpc) is 2.64. The molecule has 94 valence electrons. The molecule has 4 nitrogen and oxygen atoms in total. The first kappa shape index (κ1) is 12.3. The summed E-state index contributed by atoms with van der Waals surface area (Å²) in [6.07, 6.45) is 6.31. The van der Waals surface area contributed by atoms with E-state index in [1.807, 2.05) is 7.05 Å². The van der Waals surface area contributed by atoms with Gasteiger partial charge in [0.05, 0.1) is 6.42 Å². The second-order valence-corrected chi connectivity index (χ2v) is 5.88. The van der Waals surface area contributed by atoms with Crippen molar-refractivity contribution in [1.82, 2.24) is 14.8 Å². The lowest BCUT2D eigenvalue weighted by atomic mass is 9.72. The minimum absolute atomic E-state index is 0.236. The molecule has 0 unspecified atom stereocenters. The van der Waals surface area contributed by atoms with Crippen molar-refractivity contribution in [3.63, 3.8) is 0 Å². The van der Waals surface area contributed by atoms with E-state index < -0.39 is 0 Å². The zero-order valence-electron chi connectivity index (χ0n) is 10.9. The molecule has 1 aliphatic rings. The number of nitrogens with zero attached hydrogens (tertiary/aromatic N) is 3. The van der Waals surface area contributed by atoms with Crippen LogP contribution in [0.4, 0.5) is 0 Å². The Kier molecular flexibility index (Phi) is 3.31. The van der Waals surface area contributed by atoms with E-state index in [9.17, 15) is 4.79 Å². The lowest BCUT2D eigenvalue weighted by Crippen LogP contribution is -2.27. The van der Waals surface area contributed by atoms with Crippen LogP contribution in [0.25, 0.3) is 0 Å². The van der Waals surface area contributed by atoms with Gasteiger partial charge in [-0.15, -0.1) is 0 Å². The van der Waals surface area contributed by atoms with Crippen LogP contribution in [0.1, 0.15) is 45.4 Å². The lowest BCUT2D eigenvalue weighted by Gasteiger charge is -2.33. The Bertz CT molecular complexity index is 399. The van der Waals surface area contributed by atoms with Crippen LogP contribution in [0.5, 0.6) is 0 Å². The second kappa shape index (κ2) is 4.59. The molecule has 0 aliphatic heterocycles. The Morgan fingerprint density at radius 1 is 1.47 bits per heavy atom. The van der Waals surface area contributed by atoms with E-state index in [0.29, 0.717) is 17.6 Å². The molecule has 0 spiro atoms. The number of hydrogen-bond donors (Lipinski definition) is 0. The van der Waals surface area contributed by atoms with Gasteiger partial charge >= 0.3 is 0 Å². The smallest absolute Gasteiger partial charge is 0.143 e. The minimum atomic E-state index is 0.236. The lowest BCUT2D eigenvalue weighted by molar-refractivity contribution is -0.123. The Labute approximate surface area is 102 Å². The number of ketones is 1. The van der Waals surface area contributed by atoms with Crippen molar-refractivity contribution in [2.45, 2.75) is 46.0 Å². The molecule has 1 aromatic heterocycles. The molecule has 1 saturated carbocycles. The van der Waals surface area contributed by atoms with Crippen LogP contribution in [0.2, 0.25) is 0 Å². The Morgan fingerprint density at radius 3 is 2.65 bits per heavy atom. The normalized spacial score (nSPS) is 20.4. The summed E-state index contributed by atoms with van der Waals surface area (Å²) in [7, 11) is 1.83. The second-order valence-electron chi connectivity index (χ2n) is 5.88. The molecule has 0 atom stereocenters. The van der Waals surface area contributed by atoms with Gasteiger partial charge in [-0.2, -0.15) is 5.10 Å². The van der Waals surface area contributed by atoms with Gasteiger partial charge < -0.3 is 0 Å². The molecule has 1 aromatic rings. The maximum Gasteiger partial charge on any atom is 0.143 e. The highest BCUT2D eigenvalue weighted by molar-refractivity contribution is 5.82. The summed E-state index contributed by atoms with van der Waals surface area (Å²) < 4.78 is 1.69. The summed E-state index contributed by atoms with van der Waals surface area (Å²) >= 11 is 0. The number of Topliss-reactive ketones (excluding diaryl/α,β-unsaturated/α-hetero) is 1. The number of carbonyl (C=O) groups is 1. The highest BCUT2D eigenvalue weighted by Crippen LogP contribution is 2.38. The van der Waals surface area contributed by atoms with E-state index >= 15 is 0 Å². The molecular weight excluding hydrogens is 214 g/mol. The van der Waals surface area contributed by atoms with Gasteiger partial charge in [-0.05, 0) is 31.1 Å². The van der Waals surface area contributed by atoms with E-state index in [-0.39, 0.29) is 5.92 Å². The molecule has 0 radical (unpaired) electrons. The molecule has 0 saturated heterocycles. The molecule has 2 rings (SSSR count). The van der Waals surface area contributed by atoms with Gasteiger partial charge in [0.1, 0.15) is 17.9 Å². The molecule has 4 heteroatoms. The number of aryl methyl sites for hydroxylation is 1. The van der Waals surface area contributed by atoms with Crippen molar-refractivity contribution < 1.29 is 4.79 Å². The van der Waals surface area contributed by atoms with Gasteiger partial charge in [0.2, 0.25) is 0 Å². The van der Waals surface area contributed by atoms with Crippen LogP contribution >= 0.6 is 0 Å². The van der Waals surface area contributed by atoms with Crippen LogP contribution in [-0.4, -0.2) is 20.5 Å². The van der Waals surface area contributed by atoms with Crippen LogP contribution in [-0.2, 0) is 18.3 Å². The topological polar surface area (TPSA) is 47.8 Å². The predicted molar refractivity (Wildman–Crippen MR) is 65.5 cm³/mol. The van der Waals surface area contributed by atoms with Crippen molar-refractivity contribution in [1.29, 1.82) is 0 Å². The van der Waals surface area contributed by atoms with Gasteiger partial charge in [0, 0.05) is 13.0 Å². The van der Waals surface area contributed by atoms with Crippen molar-refractivity contribution in [3.8, 4) is 0 Å². The third kappa shape index (κ3) is 2.93. The number of aromatic nitrogens is 3. The van der Waals surface area contributed by atoms with Crippen molar-refractivity contribution in [2.24, 2.45) is 18.4 Å². The van der Waals surface area contributed by atoms with Crippen molar-refractivity contribution in [3.05, 3.63) is 12.2 Å². The fourth-order valence-corrected chi connectivity index (χ4v) is 2.50. The number of hydrogen-bond acceptors (Lipinski definition) is 3. The number of rotatable bonds is 3. The van der Waals surface area contributed by atoms with E-state index in [2.05, 4.69) is 23.9 Å². The number of carbonyl (C=O) groups excluding carboxylic acids is 1. The van der Waals surface area contributed by atoms with Crippen LogP contribution in [0.3, 0.4) is 0 Å². The van der Waals surface area contributed by atoms with Crippen LogP contribution in [0.15, 0.2) is 6.33 Å². The largest absolute Gasteiger partial charge is 0.299 e. The molecule has 17 heavy (non-hydrogen) atoms. The Hall–Kier alpha value is -1.19. The maximum atomic E-state index is 12.1. The van der Waals surface area contributed by atoms with E-state index in [1.165, 1.54) is 6.33 Å². The van der Waals surface area contributed by atoms with Crippen LogP contribution < -0.4 is 0 Å². The van der Waals surface area contributed by atoms with Gasteiger partial charge in [-0.1, -0.05) is 13.8 Å². The molecule has 1 heterocycles. The highest BCUT2D eigenvalue weighted by atomic mass is 16.1.